The molecular formula is C10H18N2. The Labute approximate surface area is 74.8 Å². The lowest BCUT2D eigenvalue weighted by molar-refractivity contribution is 0.749. The van der Waals surface area contributed by atoms with Gasteiger partial charge in [0.15, 0.2) is 0 Å². The van der Waals surface area contributed by atoms with E-state index in [2.05, 4.69) is 9.98 Å². The molecule has 2 nitrogen and oxygen atoms in total. The van der Waals surface area contributed by atoms with Crippen molar-refractivity contribution in [1.29, 1.82) is 0 Å². The van der Waals surface area contributed by atoms with Crippen LogP contribution in [0.15, 0.2) is 9.98 Å². The van der Waals surface area contributed by atoms with Crippen molar-refractivity contribution in [1.82, 2.24) is 0 Å². The van der Waals surface area contributed by atoms with Gasteiger partial charge < -0.3 is 0 Å². The summed E-state index contributed by atoms with van der Waals surface area (Å²) in [6, 6.07) is 0. The lowest BCUT2D eigenvalue weighted by Crippen LogP contribution is -1.89. The standard InChI is InChI=1S/2C5H9N/c2*1-2-4-6-5-3-1/h2*4H,1-3,5H2. The normalized spacial score (nSPS) is 21.3. The van der Waals surface area contributed by atoms with E-state index in [1.807, 2.05) is 12.4 Å². The number of rotatable bonds is 0. The Kier molecular flexibility index (Phi) is 5.51. The van der Waals surface area contributed by atoms with Gasteiger partial charge in [-0.05, 0) is 51.0 Å². The van der Waals surface area contributed by atoms with Gasteiger partial charge in [0.25, 0.3) is 0 Å². The smallest absolute Gasteiger partial charge is 0.0385 e. The molecule has 0 atom stereocenters. The number of hydrogen-bond acceptors (Lipinski definition) is 2. The van der Waals surface area contributed by atoms with Gasteiger partial charge in [0.2, 0.25) is 0 Å². The lowest BCUT2D eigenvalue weighted by Gasteiger charge is -1.97. The minimum absolute atomic E-state index is 1.07. The first kappa shape index (κ1) is 9.43. The first-order valence-corrected chi connectivity index (χ1v) is 4.97. The van der Waals surface area contributed by atoms with Crippen LogP contribution in [0, 0.1) is 0 Å². The molecule has 2 heterocycles. The molecule has 0 radical (unpaired) electrons. The van der Waals surface area contributed by atoms with E-state index in [-0.39, 0.29) is 0 Å². The first-order chi connectivity index (χ1) is 6.00. The maximum absolute atomic E-state index is 4.05. The van der Waals surface area contributed by atoms with Gasteiger partial charge in [-0.3, -0.25) is 9.98 Å². The van der Waals surface area contributed by atoms with Crippen LogP contribution in [0.1, 0.15) is 38.5 Å². The zero-order valence-corrected chi connectivity index (χ0v) is 7.71. The van der Waals surface area contributed by atoms with Crippen LogP contribution in [0.4, 0.5) is 0 Å². The van der Waals surface area contributed by atoms with Crippen molar-refractivity contribution in [2.75, 3.05) is 13.1 Å². The highest BCUT2D eigenvalue weighted by molar-refractivity contribution is 5.57. The molecule has 2 aliphatic heterocycles. The molecule has 2 aliphatic rings. The van der Waals surface area contributed by atoms with Crippen LogP contribution in [0.25, 0.3) is 0 Å². The average molecular weight is 166 g/mol. The highest BCUT2D eigenvalue weighted by Crippen LogP contribution is 1.98. The summed E-state index contributed by atoms with van der Waals surface area (Å²) in [4.78, 5) is 8.10. The van der Waals surface area contributed by atoms with E-state index in [1.165, 1.54) is 38.5 Å². The molecular weight excluding hydrogens is 148 g/mol. The minimum Gasteiger partial charge on any atom is -0.298 e. The summed E-state index contributed by atoms with van der Waals surface area (Å²) in [5, 5.41) is 0. The molecule has 2 heteroatoms. The molecule has 0 fully saturated rings. The Morgan fingerprint density at radius 2 is 1.17 bits per heavy atom. The van der Waals surface area contributed by atoms with Crippen LogP contribution in [-0.2, 0) is 0 Å². The molecule has 0 aromatic heterocycles. The van der Waals surface area contributed by atoms with Gasteiger partial charge in [0, 0.05) is 13.1 Å². The SMILES string of the molecule is C1=NCCCC1.C1=NCCCC1. The topological polar surface area (TPSA) is 24.7 Å². The average Bonchev–Trinajstić information content (AvgIpc) is 2.24. The maximum atomic E-state index is 4.05. The van der Waals surface area contributed by atoms with Gasteiger partial charge in [-0.1, -0.05) is 0 Å². The van der Waals surface area contributed by atoms with Crippen molar-refractivity contribution in [2.45, 2.75) is 38.5 Å². The molecule has 0 bridgehead atoms. The molecule has 0 amide bonds. The Morgan fingerprint density at radius 1 is 0.667 bits per heavy atom. The van der Waals surface area contributed by atoms with E-state index in [0.717, 1.165) is 13.1 Å². The van der Waals surface area contributed by atoms with E-state index in [1.54, 1.807) is 0 Å². The third kappa shape index (κ3) is 5.05. The summed E-state index contributed by atoms with van der Waals surface area (Å²) in [6.07, 6.45) is 11.8. The summed E-state index contributed by atoms with van der Waals surface area (Å²) in [5.74, 6) is 0. The van der Waals surface area contributed by atoms with Crippen LogP contribution in [-0.4, -0.2) is 25.5 Å². The van der Waals surface area contributed by atoms with E-state index < -0.39 is 0 Å². The summed E-state index contributed by atoms with van der Waals surface area (Å²) >= 11 is 0. The molecule has 0 saturated carbocycles. The predicted octanol–water partition coefficient (Wildman–Crippen LogP) is 2.48. The molecule has 0 unspecified atom stereocenters. The van der Waals surface area contributed by atoms with E-state index >= 15 is 0 Å². The van der Waals surface area contributed by atoms with Crippen LogP contribution < -0.4 is 0 Å². The fraction of sp³-hybridized carbons (Fsp3) is 0.800. The zero-order valence-electron chi connectivity index (χ0n) is 7.71. The van der Waals surface area contributed by atoms with Crippen LogP contribution >= 0.6 is 0 Å². The Morgan fingerprint density at radius 3 is 1.25 bits per heavy atom. The summed E-state index contributed by atoms with van der Waals surface area (Å²) in [5.41, 5.74) is 0. The second kappa shape index (κ2) is 7.01. The molecule has 0 aromatic rings. The molecule has 12 heavy (non-hydrogen) atoms. The van der Waals surface area contributed by atoms with Gasteiger partial charge in [-0.25, -0.2) is 0 Å². The van der Waals surface area contributed by atoms with Crippen LogP contribution in [0.5, 0.6) is 0 Å². The summed E-state index contributed by atoms with van der Waals surface area (Å²) < 4.78 is 0. The zero-order chi connectivity index (χ0) is 8.49. The first-order valence-electron chi connectivity index (χ1n) is 4.97. The Balaban J connectivity index is 0.000000120. The van der Waals surface area contributed by atoms with Crippen molar-refractivity contribution in [3.8, 4) is 0 Å². The fourth-order valence-electron chi connectivity index (χ4n) is 1.24. The number of hydrogen-bond donors (Lipinski definition) is 0. The van der Waals surface area contributed by atoms with Crippen LogP contribution in [0.3, 0.4) is 0 Å². The van der Waals surface area contributed by atoms with Gasteiger partial charge in [0.05, 0.1) is 0 Å². The van der Waals surface area contributed by atoms with Crippen molar-refractivity contribution in [2.24, 2.45) is 9.98 Å². The van der Waals surface area contributed by atoms with Crippen molar-refractivity contribution in [3.05, 3.63) is 0 Å². The molecule has 68 valence electrons. The van der Waals surface area contributed by atoms with Gasteiger partial charge in [-0.2, -0.15) is 0 Å². The molecule has 0 N–H and O–H groups in total. The predicted molar refractivity (Wildman–Crippen MR) is 54.4 cm³/mol. The molecule has 0 spiro atoms. The highest BCUT2D eigenvalue weighted by atomic mass is 14.7. The van der Waals surface area contributed by atoms with Crippen LogP contribution in [0.2, 0.25) is 0 Å². The van der Waals surface area contributed by atoms with E-state index in [4.69, 9.17) is 0 Å². The van der Waals surface area contributed by atoms with Crippen molar-refractivity contribution in [3.63, 3.8) is 0 Å². The largest absolute Gasteiger partial charge is 0.298 e. The van der Waals surface area contributed by atoms with E-state index in [9.17, 15) is 0 Å². The second-order valence-electron chi connectivity index (χ2n) is 3.17. The summed E-state index contributed by atoms with van der Waals surface area (Å²) in [7, 11) is 0. The monoisotopic (exact) mass is 166 g/mol. The Bertz CT molecular complexity index is 116. The van der Waals surface area contributed by atoms with Crippen molar-refractivity contribution < 1.29 is 0 Å². The quantitative estimate of drug-likeness (QED) is 0.528. The third-order valence-corrected chi connectivity index (χ3v) is 2.00. The lowest BCUT2D eigenvalue weighted by atomic mass is 10.2. The number of aliphatic imine (C=N–C) groups is 2. The number of nitrogens with zero attached hydrogens (tertiary/aromatic N) is 2. The van der Waals surface area contributed by atoms with E-state index in [0.29, 0.717) is 0 Å². The third-order valence-electron chi connectivity index (χ3n) is 2.00. The Hall–Kier alpha value is -0.660. The van der Waals surface area contributed by atoms with Gasteiger partial charge in [-0.15, -0.1) is 0 Å². The molecule has 0 aliphatic carbocycles. The fourth-order valence-corrected chi connectivity index (χ4v) is 1.24. The maximum Gasteiger partial charge on any atom is 0.0385 e. The summed E-state index contributed by atoms with van der Waals surface area (Å²) in [6.45, 7) is 2.14. The molecule has 0 aromatic carbocycles. The molecule has 2 rings (SSSR count). The highest BCUT2D eigenvalue weighted by Gasteiger charge is 1.88. The second-order valence-corrected chi connectivity index (χ2v) is 3.17. The molecule has 0 saturated heterocycles. The van der Waals surface area contributed by atoms with Gasteiger partial charge >= 0.3 is 0 Å². The minimum atomic E-state index is 1.07. The van der Waals surface area contributed by atoms with Gasteiger partial charge in [0.1, 0.15) is 0 Å². The van der Waals surface area contributed by atoms with Crippen molar-refractivity contribution >= 4 is 12.4 Å².